The summed E-state index contributed by atoms with van der Waals surface area (Å²) in [4.78, 5) is 25.4. The number of benzene rings is 2. The predicted molar refractivity (Wildman–Crippen MR) is 117 cm³/mol. The number of carbonyl (C=O) groups is 2. The molecule has 0 fully saturated rings. The SMILES string of the molecule is CCOC(=O)Cn1nnc(C(Cc2ccc(OC)cc2)NC(=O)Nc2ccc(Cl)cc2)n1. The van der Waals surface area contributed by atoms with Gasteiger partial charge in [-0.05, 0) is 54.1 Å². The van der Waals surface area contributed by atoms with Gasteiger partial charge in [-0.1, -0.05) is 23.7 Å². The molecule has 0 aliphatic heterocycles. The van der Waals surface area contributed by atoms with E-state index >= 15 is 0 Å². The Labute approximate surface area is 189 Å². The number of carbonyl (C=O) groups excluding carboxylic acids is 2. The van der Waals surface area contributed by atoms with Gasteiger partial charge in [-0.25, -0.2) is 9.59 Å². The van der Waals surface area contributed by atoms with Crippen LogP contribution in [-0.4, -0.2) is 45.9 Å². The fraction of sp³-hybridized carbons (Fsp3) is 0.286. The molecule has 1 aromatic heterocycles. The molecule has 0 aliphatic carbocycles. The molecule has 3 rings (SSSR count). The zero-order chi connectivity index (χ0) is 22.9. The first-order valence-electron chi connectivity index (χ1n) is 9.86. The number of esters is 1. The van der Waals surface area contributed by atoms with Crippen LogP contribution in [0.4, 0.5) is 10.5 Å². The summed E-state index contributed by atoms with van der Waals surface area (Å²) in [6, 6.07) is 13.1. The molecule has 0 saturated heterocycles. The van der Waals surface area contributed by atoms with Gasteiger partial charge in [0.15, 0.2) is 12.4 Å². The minimum Gasteiger partial charge on any atom is -0.497 e. The molecule has 1 unspecified atom stereocenters. The standard InChI is InChI=1S/C21H23ClN6O4/c1-3-32-19(29)13-28-26-20(25-27-28)18(12-14-4-10-17(31-2)11-5-14)24-21(30)23-16-8-6-15(22)7-9-16/h4-11,18H,3,12-13H2,1-2H3,(H2,23,24,30). The monoisotopic (exact) mass is 458 g/mol. The maximum atomic E-state index is 12.6. The highest BCUT2D eigenvalue weighted by atomic mass is 35.5. The van der Waals surface area contributed by atoms with Crippen molar-refractivity contribution < 1.29 is 19.1 Å². The number of urea groups is 1. The van der Waals surface area contributed by atoms with E-state index in [2.05, 4.69) is 26.0 Å². The van der Waals surface area contributed by atoms with Crippen molar-refractivity contribution in [2.24, 2.45) is 0 Å². The predicted octanol–water partition coefficient (Wildman–Crippen LogP) is 3.00. The van der Waals surface area contributed by atoms with Crippen molar-refractivity contribution in [3.8, 4) is 5.75 Å². The molecule has 1 heterocycles. The Morgan fingerprint density at radius 2 is 1.84 bits per heavy atom. The van der Waals surface area contributed by atoms with E-state index in [-0.39, 0.29) is 19.0 Å². The third-order valence-corrected chi connectivity index (χ3v) is 4.61. The topological polar surface area (TPSA) is 120 Å². The number of nitrogens with zero attached hydrogens (tertiary/aromatic N) is 4. The maximum Gasteiger partial charge on any atom is 0.329 e. The fourth-order valence-electron chi connectivity index (χ4n) is 2.85. The minimum atomic E-state index is -0.605. The van der Waals surface area contributed by atoms with Crippen molar-refractivity contribution in [3.63, 3.8) is 0 Å². The summed E-state index contributed by atoms with van der Waals surface area (Å²) >= 11 is 5.89. The number of hydrogen-bond donors (Lipinski definition) is 2. The Morgan fingerprint density at radius 3 is 2.50 bits per heavy atom. The Bertz CT molecular complexity index is 1040. The summed E-state index contributed by atoms with van der Waals surface area (Å²) in [5.74, 6) is 0.505. The summed E-state index contributed by atoms with van der Waals surface area (Å²) in [6.07, 6.45) is 0.392. The number of rotatable bonds is 9. The second kappa shape index (κ2) is 11.1. The van der Waals surface area contributed by atoms with Crippen LogP contribution < -0.4 is 15.4 Å². The van der Waals surface area contributed by atoms with Crippen molar-refractivity contribution in [1.29, 1.82) is 0 Å². The first-order chi connectivity index (χ1) is 15.5. The Kier molecular flexibility index (Phi) is 7.98. The van der Waals surface area contributed by atoms with E-state index in [1.807, 2.05) is 24.3 Å². The molecule has 11 heteroatoms. The maximum absolute atomic E-state index is 12.6. The van der Waals surface area contributed by atoms with Crippen molar-refractivity contribution in [2.75, 3.05) is 19.0 Å². The molecule has 168 valence electrons. The number of methoxy groups -OCH3 is 1. The lowest BCUT2D eigenvalue weighted by atomic mass is 10.1. The third kappa shape index (κ3) is 6.67. The molecule has 32 heavy (non-hydrogen) atoms. The molecule has 2 N–H and O–H groups in total. The second-order valence-corrected chi connectivity index (χ2v) is 7.13. The van der Waals surface area contributed by atoms with Crippen molar-refractivity contribution in [1.82, 2.24) is 25.5 Å². The van der Waals surface area contributed by atoms with Crippen molar-refractivity contribution >= 4 is 29.3 Å². The smallest absolute Gasteiger partial charge is 0.329 e. The van der Waals surface area contributed by atoms with E-state index < -0.39 is 18.0 Å². The lowest BCUT2D eigenvalue weighted by molar-refractivity contribution is -0.144. The van der Waals surface area contributed by atoms with Crippen LogP contribution >= 0.6 is 11.6 Å². The molecule has 1 atom stereocenters. The number of halogens is 1. The zero-order valence-electron chi connectivity index (χ0n) is 17.6. The number of anilines is 1. The van der Waals surface area contributed by atoms with Crippen molar-refractivity contribution in [2.45, 2.75) is 25.9 Å². The second-order valence-electron chi connectivity index (χ2n) is 6.69. The Morgan fingerprint density at radius 1 is 1.12 bits per heavy atom. The molecule has 0 radical (unpaired) electrons. The normalized spacial score (nSPS) is 11.5. The van der Waals surface area contributed by atoms with Crippen LogP contribution in [0, 0.1) is 0 Å². The van der Waals surface area contributed by atoms with Gasteiger partial charge in [0.2, 0.25) is 0 Å². The van der Waals surface area contributed by atoms with E-state index in [1.165, 1.54) is 0 Å². The van der Waals surface area contributed by atoms with Crippen LogP contribution in [0.15, 0.2) is 48.5 Å². The van der Waals surface area contributed by atoms with Gasteiger partial charge in [0.05, 0.1) is 19.8 Å². The van der Waals surface area contributed by atoms with Gasteiger partial charge in [0.1, 0.15) is 5.75 Å². The van der Waals surface area contributed by atoms with E-state index in [0.29, 0.717) is 17.1 Å². The van der Waals surface area contributed by atoms with Gasteiger partial charge in [-0.2, -0.15) is 4.80 Å². The molecule has 0 saturated carbocycles. The quantitative estimate of drug-likeness (QED) is 0.473. The van der Waals surface area contributed by atoms with Crippen LogP contribution in [0.25, 0.3) is 0 Å². The van der Waals surface area contributed by atoms with E-state index in [1.54, 1.807) is 38.3 Å². The highest BCUT2D eigenvalue weighted by molar-refractivity contribution is 6.30. The third-order valence-electron chi connectivity index (χ3n) is 4.36. The summed E-state index contributed by atoms with van der Waals surface area (Å²) in [5.41, 5.74) is 1.50. The van der Waals surface area contributed by atoms with E-state index in [9.17, 15) is 9.59 Å². The van der Waals surface area contributed by atoms with Crippen LogP contribution in [0.5, 0.6) is 5.75 Å². The largest absolute Gasteiger partial charge is 0.497 e. The first-order valence-corrected chi connectivity index (χ1v) is 10.2. The number of tetrazole rings is 1. The fourth-order valence-corrected chi connectivity index (χ4v) is 2.97. The average Bonchev–Trinajstić information content (AvgIpc) is 3.24. The molecule has 2 amide bonds. The van der Waals surface area contributed by atoms with Gasteiger partial charge in [-0.3, -0.25) is 0 Å². The number of ether oxygens (including phenoxy) is 2. The lowest BCUT2D eigenvalue weighted by Gasteiger charge is -2.16. The average molecular weight is 459 g/mol. The van der Waals surface area contributed by atoms with Crippen LogP contribution in [0.3, 0.4) is 0 Å². The minimum absolute atomic E-state index is 0.174. The van der Waals surface area contributed by atoms with Crippen LogP contribution in [0.1, 0.15) is 24.4 Å². The number of aromatic nitrogens is 4. The van der Waals surface area contributed by atoms with Crippen LogP contribution in [-0.2, 0) is 22.5 Å². The molecule has 0 aliphatic rings. The van der Waals surface area contributed by atoms with Gasteiger partial charge in [0, 0.05) is 17.1 Å². The summed E-state index contributed by atoms with van der Waals surface area (Å²) in [7, 11) is 1.59. The number of hydrogen-bond acceptors (Lipinski definition) is 7. The molecule has 0 bridgehead atoms. The van der Waals surface area contributed by atoms with Gasteiger partial charge in [0.25, 0.3) is 0 Å². The summed E-state index contributed by atoms with van der Waals surface area (Å²) in [5, 5.41) is 18.3. The van der Waals surface area contributed by atoms with Gasteiger partial charge < -0.3 is 20.1 Å². The first kappa shape index (κ1) is 23.0. The molecular formula is C21H23ClN6O4. The van der Waals surface area contributed by atoms with Crippen LogP contribution in [0.2, 0.25) is 5.02 Å². The molecule has 10 nitrogen and oxygen atoms in total. The summed E-state index contributed by atoms with van der Waals surface area (Å²) < 4.78 is 10.1. The molecular weight excluding hydrogens is 436 g/mol. The number of amides is 2. The Balaban J connectivity index is 1.75. The molecule has 3 aromatic rings. The lowest BCUT2D eigenvalue weighted by Crippen LogP contribution is -2.34. The highest BCUT2D eigenvalue weighted by Crippen LogP contribution is 2.19. The molecule has 0 spiro atoms. The Hall–Kier alpha value is -3.66. The van der Waals surface area contributed by atoms with E-state index in [4.69, 9.17) is 21.1 Å². The van der Waals surface area contributed by atoms with Gasteiger partial charge >= 0.3 is 12.0 Å². The highest BCUT2D eigenvalue weighted by Gasteiger charge is 2.21. The molecule has 2 aromatic carbocycles. The van der Waals surface area contributed by atoms with Crippen molar-refractivity contribution in [3.05, 3.63) is 64.9 Å². The van der Waals surface area contributed by atoms with E-state index in [0.717, 1.165) is 16.1 Å². The summed E-state index contributed by atoms with van der Waals surface area (Å²) in [6.45, 7) is 1.80. The number of nitrogens with one attached hydrogen (secondary N) is 2. The zero-order valence-corrected chi connectivity index (χ0v) is 18.4. The van der Waals surface area contributed by atoms with Gasteiger partial charge in [-0.15, -0.1) is 10.2 Å².